The van der Waals surface area contributed by atoms with Gasteiger partial charge in [-0.1, -0.05) is 48.5 Å². The van der Waals surface area contributed by atoms with Crippen LogP contribution < -0.4 is 20.7 Å². The van der Waals surface area contributed by atoms with Crippen LogP contribution >= 0.6 is 0 Å². The van der Waals surface area contributed by atoms with E-state index in [4.69, 9.17) is 9.47 Å². The summed E-state index contributed by atoms with van der Waals surface area (Å²) in [6.07, 6.45) is 0. The van der Waals surface area contributed by atoms with E-state index in [2.05, 4.69) is 16.0 Å². The summed E-state index contributed by atoms with van der Waals surface area (Å²) in [4.78, 5) is 25.0. The Bertz CT molecular complexity index is 896. The quantitative estimate of drug-likeness (QED) is 0.598. The van der Waals surface area contributed by atoms with Crippen LogP contribution in [0.25, 0.3) is 0 Å². The lowest BCUT2D eigenvalue weighted by Gasteiger charge is -2.29. The van der Waals surface area contributed by atoms with Crippen molar-refractivity contribution < 1.29 is 19.1 Å². The van der Waals surface area contributed by atoms with E-state index < -0.39 is 12.0 Å². The fourth-order valence-corrected chi connectivity index (χ4v) is 3.27. The first-order chi connectivity index (χ1) is 14.1. The van der Waals surface area contributed by atoms with Crippen LogP contribution in [0.4, 0.5) is 4.79 Å². The molecule has 1 heterocycles. The first kappa shape index (κ1) is 20.4. The van der Waals surface area contributed by atoms with E-state index in [1.54, 1.807) is 14.0 Å². The molecule has 2 aromatic rings. The van der Waals surface area contributed by atoms with Gasteiger partial charge >= 0.3 is 12.0 Å². The molecule has 0 saturated heterocycles. The summed E-state index contributed by atoms with van der Waals surface area (Å²) in [6.45, 7) is 2.82. The highest BCUT2D eigenvalue weighted by atomic mass is 16.5. The van der Waals surface area contributed by atoms with Crippen molar-refractivity contribution >= 4 is 12.0 Å². The molecule has 152 valence electrons. The van der Waals surface area contributed by atoms with Gasteiger partial charge in [-0.25, -0.2) is 9.59 Å². The first-order valence-electron chi connectivity index (χ1n) is 9.49. The van der Waals surface area contributed by atoms with Gasteiger partial charge in [0.1, 0.15) is 5.75 Å². The Morgan fingerprint density at radius 1 is 1.07 bits per heavy atom. The summed E-state index contributed by atoms with van der Waals surface area (Å²) < 4.78 is 10.6. The van der Waals surface area contributed by atoms with Crippen molar-refractivity contribution in [2.75, 3.05) is 20.3 Å². The maximum Gasteiger partial charge on any atom is 0.338 e. The lowest BCUT2D eigenvalue weighted by molar-refractivity contribution is -0.139. The molecule has 1 atom stereocenters. The highest BCUT2D eigenvalue weighted by Crippen LogP contribution is 2.27. The number of ether oxygens (including phenoxy) is 2. The van der Waals surface area contributed by atoms with Crippen LogP contribution in [0.3, 0.4) is 0 Å². The van der Waals surface area contributed by atoms with Crippen molar-refractivity contribution in [3.8, 4) is 5.75 Å². The van der Waals surface area contributed by atoms with Gasteiger partial charge in [0.2, 0.25) is 0 Å². The topological polar surface area (TPSA) is 88.7 Å². The molecule has 0 unspecified atom stereocenters. The lowest BCUT2D eigenvalue weighted by Crippen LogP contribution is -2.48. The number of carbonyl (C=O) groups is 2. The number of amides is 2. The van der Waals surface area contributed by atoms with Crippen LogP contribution in [-0.4, -0.2) is 32.3 Å². The number of hydrogen-bond acceptors (Lipinski definition) is 5. The number of para-hydroxylation sites is 1. The minimum absolute atomic E-state index is 0.250. The number of methoxy groups -OCH3 is 1. The van der Waals surface area contributed by atoms with Crippen molar-refractivity contribution in [2.45, 2.75) is 19.5 Å². The zero-order chi connectivity index (χ0) is 20.6. The molecule has 0 bridgehead atoms. The predicted molar refractivity (Wildman–Crippen MR) is 109 cm³/mol. The van der Waals surface area contributed by atoms with Gasteiger partial charge in [-0.05, 0) is 18.6 Å². The van der Waals surface area contributed by atoms with E-state index in [-0.39, 0.29) is 12.6 Å². The molecule has 1 aliphatic rings. The molecule has 0 aromatic heterocycles. The van der Waals surface area contributed by atoms with Crippen molar-refractivity contribution in [2.24, 2.45) is 0 Å². The first-order valence-corrected chi connectivity index (χ1v) is 9.49. The van der Waals surface area contributed by atoms with E-state index in [1.807, 2.05) is 54.6 Å². The highest BCUT2D eigenvalue weighted by molar-refractivity contribution is 5.95. The Morgan fingerprint density at radius 2 is 1.79 bits per heavy atom. The number of carbonyl (C=O) groups excluding carboxylic acids is 2. The standard InChI is InChI=1S/C22H25N3O4/c1-3-29-21(26)19-17(14-23-13-16-11-7-8-12-18(16)28-2)24-22(27)25-20(19)15-9-5-4-6-10-15/h4-12,20,23H,3,13-14H2,1-2H3,(H2,24,25,27)/t20-/m0/s1. The third-order valence-corrected chi connectivity index (χ3v) is 4.59. The van der Waals surface area contributed by atoms with Crippen LogP contribution in [0.5, 0.6) is 5.75 Å². The summed E-state index contributed by atoms with van der Waals surface area (Å²) in [5.74, 6) is 0.319. The molecule has 0 fully saturated rings. The molecule has 7 nitrogen and oxygen atoms in total. The second-order valence-electron chi connectivity index (χ2n) is 6.47. The van der Waals surface area contributed by atoms with E-state index in [0.717, 1.165) is 16.9 Å². The third-order valence-electron chi connectivity index (χ3n) is 4.59. The van der Waals surface area contributed by atoms with E-state index in [0.29, 0.717) is 24.4 Å². The Morgan fingerprint density at radius 3 is 2.52 bits per heavy atom. The largest absolute Gasteiger partial charge is 0.496 e. The van der Waals surface area contributed by atoms with Crippen LogP contribution in [0.1, 0.15) is 24.1 Å². The Kier molecular flexibility index (Phi) is 6.86. The number of urea groups is 1. The van der Waals surface area contributed by atoms with Gasteiger partial charge in [-0.3, -0.25) is 0 Å². The van der Waals surface area contributed by atoms with Gasteiger partial charge in [0.15, 0.2) is 0 Å². The highest BCUT2D eigenvalue weighted by Gasteiger charge is 2.33. The third kappa shape index (κ3) is 4.94. The minimum atomic E-state index is -0.577. The summed E-state index contributed by atoms with van der Waals surface area (Å²) >= 11 is 0. The SMILES string of the molecule is CCOC(=O)C1=C(CNCc2ccccc2OC)NC(=O)N[C@H]1c1ccccc1. The van der Waals surface area contributed by atoms with Crippen molar-refractivity contribution in [1.29, 1.82) is 0 Å². The van der Waals surface area contributed by atoms with Gasteiger partial charge < -0.3 is 25.4 Å². The normalized spacial score (nSPS) is 16.1. The van der Waals surface area contributed by atoms with Gasteiger partial charge in [0, 0.05) is 24.4 Å². The van der Waals surface area contributed by atoms with Crippen molar-refractivity contribution in [1.82, 2.24) is 16.0 Å². The van der Waals surface area contributed by atoms with E-state index >= 15 is 0 Å². The van der Waals surface area contributed by atoms with Crippen LogP contribution in [0.15, 0.2) is 65.9 Å². The molecule has 3 N–H and O–H groups in total. The molecule has 0 radical (unpaired) electrons. The predicted octanol–water partition coefficient (Wildman–Crippen LogP) is 2.66. The number of benzene rings is 2. The van der Waals surface area contributed by atoms with E-state index in [1.165, 1.54) is 0 Å². The smallest absolute Gasteiger partial charge is 0.338 e. The zero-order valence-corrected chi connectivity index (χ0v) is 16.5. The van der Waals surface area contributed by atoms with Crippen LogP contribution in [0.2, 0.25) is 0 Å². The molecule has 2 amide bonds. The minimum Gasteiger partial charge on any atom is -0.496 e. The average Bonchev–Trinajstić information content (AvgIpc) is 2.74. The molecule has 7 heteroatoms. The summed E-state index contributed by atoms with van der Waals surface area (Å²) in [5, 5.41) is 8.85. The Balaban J connectivity index is 1.86. The molecular weight excluding hydrogens is 370 g/mol. The van der Waals surface area contributed by atoms with Gasteiger partial charge in [-0.15, -0.1) is 0 Å². The lowest BCUT2D eigenvalue weighted by atomic mass is 9.95. The number of esters is 1. The Hall–Kier alpha value is -3.32. The number of rotatable bonds is 8. The molecule has 1 aliphatic heterocycles. The second kappa shape index (κ2) is 9.75. The zero-order valence-electron chi connectivity index (χ0n) is 16.5. The Labute approximate surface area is 170 Å². The van der Waals surface area contributed by atoms with Gasteiger partial charge in [0.05, 0.1) is 25.3 Å². The fourth-order valence-electron chi connectivity index (χ4n) is 3.27. The molecule has 3 rings (SSSR count). The van der Waals surface area contributed by atoms with Gasteiger partial charge in [-0.2, -0.15) is 0 Å². The number of nitrogens with one attached hydrogen (secondary N) is 3. The summed E-state index contributed by atoms with van der Waals surface area (Å²) in [6, 6.07) is 16.1. The molecule has 0 saturated carbocycles. The van der Waals surface area contributed by atoms with Crippen molar-refractivity contribution in [3.05, 3.63) is 77.0 Å². The molecular formula is C22H25N3O4. The van der Waals surface area contributed by atoms with Gasteiger partial charge in [0.25, 0.3) is 0 Å². The molecule has 0 aliphatic carbocycles. The maximum atomic E-state index is 12.7. The fraction of sp³-hybridized carbons (Fsp3) is 0.273. The summed E-state index contributed by atoms with van der Waals surface area (Å²) in [7, 11) is 1.62. The maximum absolute atomic E-state index is 12.7. The molecule has 29 heavy (non-hydrogen) atoms. The van der Waals surface area contributed by atoms with Crippen molar-refractivity contribution in [3.63, 3.8) is 0 Å². The molecule has 2 aromatic carbocycles. The van der Waals surface area contributed by atoms with E-state index in [9.17, 15) is 9.59 Å². The van der Waals surface area contributed by atoms with Crippen LogP contribution in [-0.2, 0) is 16.1 Å². The monoisotopic (exact) mass is 395 g/mol. The molecule has 0 spiro atoms. The average molecular weight is 395 g/mol. The number of hydrogen-bond donors (Lipinski definition) is 3. The van der Waals surface area contributed by atoms with Crippen LogP contribution in [0, 0.1) is 0 Å². The second-order valence-corrected chi connectivity index (χ2v) is 6.47. The summed E-state index contributed by atoms with van der Waals surface area (Å²) in [5.41, 5.74) is 2.68.